The van der Waals surface area contributed by atoms with Crippen molar-refractivity contribution in [3.8, 4) is 0 Å². The first-order chi connectivity index (χ1) is 6.37. The third-order valence-electron chi connectivity index (χ3n) is 3.23. The fraction of sp³-hybridized carbons (Fsp3) is 1.00. The fourth-order valence-corrected chi connectivity index (χ4v) is 2.60. The average molecular weight is 185 g/mol. The lowest BCUT2D eigenvalue weighted by atomic mass is 9.96. The largest absolute Gasteiger partial charge is 0.347 e. The second-order valence-corrected chi connectivity index (χ2v) is 4.03. The molecule has 0 amide bonds. The third-order valence-corrected chi connectivity index (χ3v) is 3.23. The molecular formula is C10H19NO2. The third kappa shape index (κ3) is 1.73. The van der Waals surface area contributed by atoms with Gasteiger partial charge in [-0.1, -0.05) is 0 Å². The molecule has 2 N–H and O–H groups in total. The lowest BCUT2D eigenvalue weighted by Gasteiger charge is -2.29. The van der Waals surface area contributed by atoms with Gasteiger partial charge in [-0.15, -0.1) is 0 Å². The van der Waals surface area contributed by atoms with Gasteiger partial charge in [-0.05, 0) is 32.2 Å². The number of ether oxygens (including phenoxy) is 2. The molecule has 1 saturated heterocycles. The summed E-state index contributed by atoms with van der Waals surface area (Å²) in [5.74, 6) is 0.397. The van der Waals surface area contributed by atoms with E-state index in [1.54, 1.807) is 0 Å². The maximum atomic E-state index is 5.75. The molecule has 0 aromatic heterocycles. The van der Waals surface area contributed by atoms with Crippen LogP contribution in [0.1, 0.15) is 32.1 Å². The van der Waals surface area contributed by atoms with Crippen LogP contribution in [0.25, 0.3) is 0 Å². The van der Waals surface area contributed by atoms with E-state index < -0.39 is 0 Å². The van der Waals surface area contributed by atoms with Gasteiger partial charge in [0, 0.05) is 12.3 Å². The first kappa shape index (κ1) is 9.44. The molecule has 0 radical (unpaired) electrons. The summed E-state index contributed by atoms with van der Waals surface area (Å²) >= 11 is 0. The maximum Gasteiger partial charge on any atom is 0.171 e. The van der Waals surface area contributed by atoms with Gasteiger partial charge in [-0.2, -0.15) is 0 Å². The van der Waals surface area contributed by atoms with Crippen molar-refractivity contribution < 1.29 is 9.47 Å². The Morgan fingerprint density at radius 2 is 2.08 bits per heavy atom. The van der Waals surface area contributed by atoms with E-state index in [9.17, 15) is 0 Å². The molecule has 3 nitrogen and oxygen atoms in total. The molecule has 76 valence electrons. The second-order valence-electron chi connectivity index (χ2n) is 4.03. The molecule has 1 spiro atoms. The fourth-order valence-electron chi connectivity index (χ4n) is 2.60. The highest BCUT2D eigenvalue weighted by molar-refractivity contribution is 4.88. The van der Waals surface area contributed by atoms with E-state index in [2.05, 4.69) is 0 Å². The van der Waals surface area contributed by atoms with Crippen LogP contribution in [0.3, 0.4) is 0 Å². The van der Waals surface area contributed by atoms with Crippen molar-refractivity contribution in [2.75, 3.05) is 19.8 Å². The highest BCUT2D eigenvalue weighted by Crippen LogP contribution is 2.44. The van der Waals surface area contributed by atoms with Gasteiger partial charge in [-0.3, -0.25) is 0 Å². The standard InChI is InChI=1S/C10H19NO2/c11-6-2-4-9-3-1-5-10(9)12-7-8-13-10/h9H,1-8,11H2/t9-/m0/s1. The molecule has 2 aliphatic rings. The van der Waals surface area contributed by atoms with E-state index in [-0.39, 0.29) is 5.79 Å². The normalized spacial score (nSPS) is 31.6. The number of rotatable bonds is 3. The molecule has 2 rings (SSSR count). The van der Waals surface area contributed by atoms with E-state index in [4.69, 9.17) is 15.2 Å². The lowest BCUT2D eigenvalue weighted by Crippen LogP contribution is -2.34. The Morgan fingerprint density at radius 3 is 2.77 bits per heavy atom. The van der Waals surface area contributed by atoms with Crippen molar-refractivity contribution >= 4 is 0 Å². The molecule has 1 heterocycles. The van der Waals surface area contributed by atoms with Crippen LogP contribution in [0, 0.1) is 5.92 Å². The Balaban J connectivity index is 1.93. The van der Waals surface area contributed by atoms with Crippen LogP contribution in [-0.4, -0.2) is 25.5 Å². The maximum absolute atomic E-state index is 5.75. The molecule has 3 heteroatoms. The van der Waals surface area contributed by atoms with Gasteiger partial charge in [0.1, 0.15) is 0 Å². The molecule has 0 aromatic carbocycles. The van der Waals surface area contributed by atoms with Crippen molar-refractivity contribution in [3.05, 3.63) is 0 Å². The molecule has 0 aromatic rings. The van der Waals surface area contributed by atoms with E-state index in [1.165, 1.54) is 12.8 Å². The van der Waals surface area contributed by atoms with Gasteiger partial charge in [0.25, 0.3) is 0 Å². The first-order valence-corrected chi connectivity index (χ1v) is 5.35. The first-order valence-electron chi connectivity index (χ1n) is 5.35. The molecule has 2 fully saturated rings. The summed E-state index contributed by atoms with van der Waals surface area (Å²) in [6, 6.07) is 0. The predicted octanol–water partition coefficient (Wildman–Crippen LogP) is 1.27. The topological polar surface area (TPSA) is 44.5 Å². The van der Waals surface area contributed by atoms with Gasteiger partial charge in [-0.25, -0.2) is 0 Å². The Labute approximate surface area is 79.6 Å². The van der Waals surface area contributed by atoms with Crippen molar-refractivity contribution in [2.24, 2.45) is 11.7 Å². The van der Waals surface area contributed by atoms with Crippen LogP contribution >= 0.6 is 0 Å². The van der Waals surface area contributed by atoms with E-state index in [0.717, 1.165) is 39.0 Å². The minimum absolute atomic E-state index is 0.199. The van der Waals surface area contributed by atoms with Crippen LogP contribution in [-0.2, 0) is 9.47 Å². The summed E-state index contributed by atoms with van der Waals surface area (Å²) in [5, 5.41) is 0. The summed E-state index contributed by atoms with van der Waals surface area (Å²) in [5.41, 5.74) is 5.51. The zero-order valence-electron chi connectivity index (χ0n) is 8.13. The Bertz CT molecular complexity index is 161. The molecule has 1 atom stereocenters. The molecule has 1 aliphatic carbocycles. The van der Waals surface area contributed by atoms with Gasteiger partial charge in [0.05, 0.1) is 13.2 Å². The molecule has 1 aliphatic heterocycles. The molecular weight excluding hydrogens is 166 g/mol. The van der Waals surface area contributed by atoms with E-state index >= 15 is 0 Å². The van der Waals surface area contributed by atoms with Crippen molar-refractivity contribution in [2.45, 2.75) is 37.9 Å². The zero-order chi connectivity index (χ0) is 9.15. The Kier molecular flexibility index (Phi) is 2.86. The van der Waals surface area contributed by atoms with Gasteiger partial charge in [0.15, 0.2) is 5.79 Å². The Hall–Kier alpha value is -0.120. The van der Waals surface area contributed by atoms with Crippen molar-refractivity contribution in [1.29, 1.82) is 0 Å². The van der Waals surface area contributed by atoms with Crippen LogP contribution in [0.15, 0.2) is 0 Å². The number of hydrogen-bond acceptors (Lipinski definition) is 3. The zero-order valence-corrected chi connectivity index (χ0v) is 8.13. The number of hydrogen-bond donors (Lipinski definition) is 1. The summed E-state index contributed by atoms with van der Waals surface area (Å²) < 4.78 is 11.5. The Morgan fingerprint density at radius 1 is 1.31 bits per heavy atom. The van der Waals surface area contributed by atoms with Crippen molar-refractivity contribution in [3.63, 3.8) is 0 Å². The summed E-state index contributed by atoms with van der Waals surface area (Å²) in [6.45, 7) is 2.34. The van der Waals surface area contributed by atoms with Crippen LogP contribution in [0.5, 0.6) is 0 Å². The van der Waals surface area contributed by atoms with E-state index in [0.29, 0.717) is 5.92 Å². The molecule has 13 heavy (non-hydrogen) atoms. The van der Waals surface area contributed by atoms with Crippen LogP contribution in [0.2, 0.25) is 0 Å². The van der Waals surface area contributed by atoms with Gasteiger partial charge in [0.2, 0.25) is 0 Å². The summed E-state index contributed by atoms with van der Waals surface area (Å²) in [7, 11) is 0. The van der Waals surface area contributed by atoms with E-state index in [1.807, 2.05) is 0 Å². The van der Waals surface area contributed by atoms with Gasteiger partial charge < -0.3 is 15.2 Å². The SMILES string of the molecule is NCCC[C@@H]1CCCC12OCCO2. The predicted molar refractivity (Wildman–Crippen MR) is 50.3 cm³/mol. The minimum atomic E-state index is -0.199. The van der Waals surface area contributed by atoms with Crippen LogP contribution < -0.4 is 5.73 Å². The second kappa shape index (κ2) is 3.95. The summed E-state index contributed by atoms with van der Waals surface area (Å²) in [6.07, 6.45) is 5.84. The highest BCUT2D eigenvalue weighted by Gasteiger charge is 2.47. The van der Waals surface area contributed by atoms with Crippen LogP contribution in [0.4, 0.5) is 0 Å². The lowest BCUT2D eigenvalue weighted by molar-refractivity contribution is -0.182. The average Bonchev–Trinajstić information content (AvgIpc) is 2.75. The summed E-state index contributed by atoms with van der Waals surface area (Å²) in [4.78, 5) is 0. The number of nitrogens with two attached hydrogens (primary N) is 1. The minimum Gasteiger partial charge on any atom is -0.347 e. The highest BCUT2D eigenvalue weighted by atomic mass is 16.7. The quantitative estimate of drug-likeness (QED) is 0.720. The monoisotopic (exact) mass is 185 g/mol. The van der Waals surface area contributed by atoms with Crippen molar-refractivity contribution in [1.82, 2.24) is 0 Å². The van der Waals surface area contributed by atoms with Gasteiger partial charge >= 0.3 is 0 Å². The molecule has 1 saturated carbocycles. The smallest absolute Gasteiger partial charge is 0.171 e. The molecule has 0 unspecified atom stereocenters. The molecule has 0 bridgehead atoms.